The number of fused-ring (bicyclic) bond motifs is 1. The number of carbonyl (C=O) groups excluding carboxylic acids is 1. The zero-order valence-electron chi connectivity index (χ0n) is 9.18. The number of nitrogens with zero attached hydrogens (tertiary/aromatic N) is 1. The number of rotatable bonds is 0. The van der Waals surface area contributed by atoms with Gasteiger partial charge in [0.25, 0.3) is 0 Å². The summed E-state index contributed by atoms with van der Waals surface area (Å²) in [4.78, 5) is 11.9. The highest BCUT2D eigenvalue weighted by molar-refractivity contribution is 5.99. The van der Waals surface area contributed by atoms with Crippen LogP contribution in [0.15, 0.2) is 0 Å². The Kier molecular flexibility index (Phi) is 2.22. The molecule has 0 radical (unpaired) electrons. The first-order chi connectivity index (χ1) is 6.63. The molecule has 14 heavy (non-hydrogen) atoms. The quantitative estimate of drug-likeness (QED) is 0.578. The van der Waals surface area contributed by atoms with Crippen molar-refractivity contribution in [2.24, 2.45) is 7.05 Å². The van der Waals surface area contributed by atoms with Crippen molar-refractivity contribution in [3.05, 3.63) is 22.5 Å². The summed E-state index contributed by atoms with van der Waals surface area (Å²) >= 11 is 0. The molecular weight excluding hydrogens is 174 g/mol. The monoisotopic (exact) mass is 191 g/mol. The zero-order chi connectivity index (χ0) is 10.3. The average molecular weight is 191 g/mol. The van der Waals surface area contributed by atoms with Crippen LogP contribution in [0.4, 0.5) is 0 Å². The molecule has 0 fully saturated rings. The Morgan fingerprint density at radius 3 is 2.43 bits per heavy atom. The smallest absolute Gasteiger partial charge is 0.164 e. The predicted octanol–water partition coefficient (Wildman–Crippen LogP) is 2.55. The lowest BCUT2D eigenvalue weighted by atomic mass is 10.0. The number of ketones is 1. The molecule has 0 saturated carbocycles. The van der Waals surface area contributed by atoms with Crippen LogP contribution in [0.5, 0.6) is 0 Å². The summed E-state index contributed by atoms with van der Waals surface area (Å²) in [5, 5.41) is 0. The Bertz CT molecular complexity index is 388. The van der Waals surface area contributed by atoms with Gasteiger partial charge < -0.3 is 4.57 Å². The first-order valence-corrected chi connectivity index (χ1v) is 5.31. The van der Waals surface area contributed by atoms with Gasteiger partial charge in [0.05, 0.1) is 0 Å². The summed E-state index contributed by atoms with van der Waals surface area (Å²) in [5.41, 5.74) is 4.73. The highest BCUT2D eigenvalue weighted by Crippen LogP contribution is 2.27. The van der Waals surface area contributed by atoms with Gasteiger partial charge in [-0.25, -0.2) is 0 Å². The van der Waals surface area contributed by atoms with Crippen LogP contribution in [0, 0.1) is 13.8 Å². The van der Waals surface area contributed by atoms with Crippen LogP contribution in [0.2, 0.25) is 0 Å². The van der Waals surface area contributed by atoms with Crippen LogP contribution >= 0.6 is 0 Å². The van der Waals surface area contributed by atoms with Crippen molar-refractivity contribution in [3.63, 3.8) is 0 Å². The fourth-order valence-electron chi connectivity index (χ4n) is 2.41. The van der Waals surface area contributed by atoms with E-state index in [2.05, 4.69) is 18.4 Å². The Balaban J connectivity index is 2.64. The maximum Gasteiger partial charge on any atom is 0.164 e. The number of hydrogen-bond donors (Lipinski definition) is 0. The van der Waals surface area contributed by atoms with Gasteiger partial charge in [-0.3, -0.25) is 4.79 Å². The minimum Gasteiger partial charge on any atom is -0.351 e. The van der Waals surface area contributed by atoms with E-state index in [4.69, 9.17) is 0 Å². The molecular formula is C12H17NO. The average Bonchev–Trinajstić information content (AvgIpc) is 2.35. The van der Waals surface area contributed by atoms with Gasteiger partial charge in [-0.1, -0.05) is 0 Å². The highest BCUT2D eigenvalue weighted by Gasteiger charge is 2.22. The van der Waals surface area contributed by atoms with E-state index in [1.165, 1.54) is 11.3 Å². The van der Waals surface area contributed by atoms with Gasteiger partial charge in [0.2, 0.25) is 0 Å². The molecule has 1 aromatic rings. The van der Waals surface area contributed by atoms with Crippen LogP contribution < -0.4 is 0 Å². The lowest BCUT2D eigenvalue weighted by Crippen LogP contribution is -2.01. The molecule has 0 N–H and O–H groups in total. The number of carbonyl (C=O) groups is 1. The lowest BCUT2D eigenvalue weighted by Gasteiger charge is -2.01. The summed E-state index contributed by atoms with van der Waals surface area (Å²) in [6.07, 6.45) is 4.02. The molecule has 1 heterocycles. The van der Waals surface area contributed by atoms with Gasteiger partial charge >= 0.3 is 0 Å². The first kappa shape index (κ1) is 9.50. The van der Waals surface area contributed by atoms with E-state index in [1.807, 2.05) is 7.05 Å². The van der Waals surface area contributed by atoms with E-state index >= 15 is 0 Å². The van der Waals surface area contributed by atoms with Crippen LogP contribution in [0.3, 0.4) is 0 Å². The molecule has 2 rings (SSSR count). The summed E-state index contributed by atoms with van der Waals surface area (Å²) in [6.45, 7) is 4.17. The van der Waals surface area contributed by atoms with Crippen LogP contribution in [0.1, 0.15) is 46.6 Å². The number of aromatic nitrogens is 1. The topological polar surface area (TPSA) is 22.0 Å². The molecule has 0 spiro atoms. The van der Waals surface area contributed by atoms with E-state index in [1.54, 1.807) is 0 Å². The minimum atomic E-state index is 0.346. The molecule has 1 aliphatic carbocycles. The van der Waals surface area contributed by atoms with Gasteiger partial charge in [0.1, 0.15) is 0 Å². The summed E-state index contributed by atoms with van der Waals surface area (Å²) in [7, 11) is 2.05. The predicted molar refractivity (Wildman–Crippen MR) is 56.8 cm³/mol. The fourth-order valence-corrected chi connectivity index (χ4v) is 2.41. The zero-order valence-corrected chi connectivity index (χ0v) is 9.18. The van der Waals surface area contributed by atoms with E-state index in [-0.39, 0.29) is 0 Å². The third-order valence-electron chi connectivity index (χ3n) is 3.47. The molecule has 0 atom stereocenters. The highest BCUT2D eigenvalue weighted by atomic mass is 16.1. The summed E-state index contributed by atoms with van der Waals surface area (Å²) < 4.78 is 2.15. The number of Topliss-reactive ketones (excluding diaryl/α,β-unsaturated/α-hetero) is 1. The van der Waals surface area contributed by atoms with Crippen LogP contribution in [-0.2, 0) is 13.5 Å². The van der Waals surface area contributed by atoms with Crippen molar-refractivity contribution in [1.82, 2.24) is 4.57 Å². The molecule has 0 bridgehead atoms. The molecule has 2 nitrogen and oxygen atoms in total. The Morgan fingerprint density at radius 1 is 1.07 bits per heavy atom. The summed E-state index contributed by atoms with van der Waals surface area (Å²) in [5.74, 6) is 0.346. The standard InChI is InChI=1S/C12H17NO/c1-8-10-6-4-5-7-11(14)12(10)9(2)13(8)3/h4-7H2,1-3H3. The maximum absolute atomic E-state index is 11.9. The van der Waals surface area contributed by atoms with Crippen LogP contribution in [0.25, 0.3) is 0 Å². The van der Waals surface area contributed by atoms with Crippen molar-refractivity contribution >= 4 is 5.78 Å². The molecule has 0 aliphatic heterocycles. The Hall–Kier alpha value is -1.05. The largest absolute Gasteiger partial charge is 0.351 e. The molecule has 0 unspecified atom stereocenters. The van der Waals surface area contributed by atoms with E-state index in [9.17, 15) is 4.79 Å². The normalized spacial score (nSPS) is 16.6. The maximum atomic E-state index is 11.9. The third-order valence-corrected chi connectivity index (χ3v) is 3.47. The second-order valence-electron chi connectivity index (χ2n) is 4.21. The fraction of sp³-hybridized carbons (Fsp3) is 0.583. The number of hydrogen-bond acceptors (Lipinski definition) is 1. The molecule has 1 aliphatic rings. The van der Waals surface area contributed by atoms with Gasteiger partial charge in [0, 0.05) is 30.4 Å². The van der Waals surface area contributed by atoms with Gasteiger partial charge in [-0.05, 0) is 38.7 Å². The SMILES string of the molecule is Cc1c2c(c(C)n1C)C(=O)CCCC2. The first-order valence-electron chi connectivity index (χ1n) is 5.31. The molecule has 0 aromatic carbocycles. The third kappa shape index (κ3) is 1.21. The van der Waals surface area contributed by atoms with E-state index in [0.717, 1.165) is 36.9 Å². The minimum absolute atomic E-state index is 0.346. The van der Waals surface area contributed by atoms with Gasteiger partial charge in [-0.2, -0.15) is 0 Å². The molecule has 2 heteroatoms. The van der Waals surface area contributed by atoms with Crippen molar-refractivity contribution in [1.29, 1.82) is 0 Å². The van der Waals surface area contributed by atoms with Gasteiger partial charge in [0.15, 0.2) is 5.78 Å². The van der Waals surface area contributed by atoms with Crippen molar-refractivity contribution in [2.75, 3.05) is 0 Å². The molecule has 76 valence electrons. The van der Waals surface area contributed by atoms with Crippen molar-refractivity contribution < 1.29 is 4.79 Å². The second-order valence-corrected chi connectivity index (χ2v) is 4.21. The Labute approximate surface area is 84.9 Å². The van der Waals surface area contributed by atoms with E-state index < -0.39 is 0 Å². The molecule has 0 saturated heterocycles. The molecule has 0 amide bonds. The van der Waals surface area contributed by atoms with E-state index in [0.29, 0.717) is 5.78 Å². The lowest BCUT2D eigenvalue weighted by molar-refractivity contribution is 0.0981. The van der Waals surface area contributed by atoms with Gasteiger partial charge in [-0.15, -0.1) is 0 Å². The molecule has 1 aromatic heterocycles. The van der Waals surface area contributed by atoms with Crippen molar-refractivity contribution in [2.45, 2.75) is 39.5 Å². The van der Waals surface area contributed by atoms with Crippen molar-refractivity contribution in [3.8, 4) is 0 Å². The summed E-state index contributed by atoms with van der Waals surface area (Å²) in [6, 6.07) is 0. The Morgan fingerprint density at radius 2 is 1.71 bits per heavy atom. The second kappa shape index (κ2) is 3.26. The van der Waals surface area contributed by atoms with Crippen LogP contribution in [-0.4, -0.2) is 10.4 Å².